The van der Waals surface area contributed by atoms with Crippen LogP contribution in [0.5, 0.6) is 0 Å². The second kappa shape index (κ2) is 11.0. The highest BCUT2D eigenvalue weighted by Crippen LogP contribution is 2.31. The Kier molecular flexibility index (Phi) is 8.99. The Morgan fingerprint density at radius 1 is 0.697 bits per heavy atom. The van der Waals surface area contributed by atoms with Gasteiger partial charge in [-0.3, -0.25) is 0 Å². The van der Waals surface area contributed by atoms with Crippen LogP contribution in [-0.2, 0) is 23.7 Å². The molecule has 0 aromatic rings. The van der Waals surface area contributed by atoms with E-state index in [9.17, 15) is 30.6 Å². The zero-order valence-corrected chi connectivity index (χ0v) is 18.1. The van der Waals surface area contributed by atoms with Crippen molar-refractivity contribution in [3.63, 3.8) is 0 Å². The van der Waals surface area contributed by atoms with Crippen molar-refractivity contribution in [2.45, 2.75) is 98.9 Å². The molecule has 0 aromatic carbocycles. The summed E-state index contributed by atoms with van der Waals surface area (Å²) in [5, 5.41) is 60.9. The zero-order chi connectivity index (χ0) is 24.6. The van der Waals surface area contributed by atoms with Gasteiger partial charge in [0.1, 0.15) is 48.8 Å². The SMILES string of the molecule is C[C@H]1O[C@@H](O[C@H]2[C@H](O[C@H]3O[C@H](CN)[C@@H](O)[C@H](O)[C@H]3N)[C@@H](N)[C@H](O)O[C@@H]2CO)[C@H](O)[C@@H](O)[C@@H]1N. The van der Waals surface area contributed by atoms with Gasteiger partial charge in [-0.2, -0.15) is 0 Å². The number of rotatable bonds is 6. The minimum absolute atomic E-state index is 0.148. The number of aliphatic hydroxyl groups is 6. The van der Waals surface area contributed by atoms with Crippen LogP contribution in [0.15, 0.2) is 0 Å². The molecule has 0 aliphatic carbocycles. The summed E-state index contributed by atoms with van der Waals surface area (Å²) in [6, 6.07) is -3.35. The van der Waals surface area contributed by atoms with Crippen LogP contribution in [0.1, 0.15) is 6.92 Å². The van der Waals surface area contributed by atoms with Gasteiger partial charge < -0.3 is 77.3 Å². The maximum atomic E-state index is 10.4. The van der Waals surface area contributed by atoms with Crippen molar-refractivity contribution in [3.05, 3.63) is 0 Å². The van der Waals surface area contributed by atoms with Crippen molar-refractivity contribution in [1.29, 1.82) is 0 Å². The second-order valence-corrected chi connectivity index (χ2v) is 8.63. The van der Waals surface area contributed by atoms with Crippen LogP contribution in [0.2, 0.25) is 0 Å². The highest BCUT2D eigenvalue weighted by atomic mass is 16.7. The average molecular weight is 485 g/mol. The first-order valence-corrected chi connectivity index (χ1v) is 10.8. The third-order valence-corrected chi connectivity index (χ3v) is 6.37. The number of aliphatic hydroxyl groups excluding tert-OH is 6. The highest BCUT2D eigenvalue weighted by Gasteiger charge is 2.52. The first kappa shape index (κ1) is 27.0. The van der Waals surface area contributed by atoms with Crippen LogP contribution in [0, 0.1) is 0 Å². The van der Waals surface area contributed by atoms with Crippen molar-refractivity contribution in [2.24, 2.45) is 22.9 Å². The summed E-state index contributed by atoms with van der Waals surface area (Å²) in [6.45, 7) is 0.790. The molecule has 15 heteroatoms. The van der Waals surface area contributed by atoms with Gasteiger partial charge in [0.25, 0.3) is 0 Å². The Morgan fingerprint density at radius 3 is 1.91 bits per heavy atom. The van der Waals surface area contributed by atoms with Gasteiger partial charge in [0, 0.05) is 6.54 Å². The Bertz CT molecular complexity index is 636. The van der Waals surface area contributed by atoms with Crippen LogP contribution in [0.3, 0.4) is 0 Å². The maximum Gasteiger partial charge on any atom is 0.187 e. The minimum Gasteiger partial charge on any atom is -0.394 e. The fraction of sp³-hybridized carbons (Fsp3) is 1.00. The second-order valence-electron chi connectivity index (χ2n) is 8.63. The molecule has 0 spiro atoms. The molecule has 15 atom stereocenters. The predicted octanol–water partition coefficient (Wildman–Crippen LogP) is -6.68. The molecule has 0 amide bonds. The topological polar surface area (TPSA) is 272 Å². The molecule has 3 aliphatic heterocycles. The van der Waals surface area contributed by atoms with Gasteiger partial charge in [-0.15, -0.1) is 0 Å². The number of hydrogen-bond donors (Lipinski definition) is 10. The van der Waals surface area contributed by atoms with E-state index in [0.717, 1.165) is 0 Å². The summed E-state index contributed by atoms with van der Waals surface area (Å²) in [6.07, 6.45) is -15.4. The number of hydrogen-bond acceptors (Lipinski definition) is 15. The summed E-state index contributed by atoms with van der Waals surface area (Å²) >= 11 is 0. The first-order valence-electron chi connectivity index (χ1n) is 10.8. The van der Waals surface area contributed by atoms with E-state index < -0.39 is 98.5 Å². The highest BCUT2D eigenvalue weighted by molar-refractivity contribution is 4.98. The van der Waals surface area contributed by atoms with Gasteiger partial charge in [0.2, 0.25) is 0 Å². The molecular weight excluding hydrogens is 448 g/mol. The molecule has 33 heavy (non-hydrogen) atoms. The third-order valence-electron chi connectivity index (χ3n) is 6.37. The largest absolute Gasteiger partial charge is 0.394 e. The molecule has 0 aromatic heterocycles. The summed E-state index contributed by atoms with van der Waals surface area (Å²) in [5.74, 6) is 0. The lowest BCUT2D eigenvalue weighted by molar-refractivity contribution is -0.354. The van der Waals surface area contributed by atoms with E-state index >= 15 is 0 Å². The Labute approximate surface area is 190 Å². The van der Waals surface area contributed by atoms with Gasteiger partial charge in [-0.1, -0.05) is 0 Å². The van der Waals surface area contributed by atoms with Gasteiger partial charge in [0.15, 0.2) is 18.9 Å². The quantitative estimate of drug-likeness (QED) is 0.168. The fourth-order valence-electron chi connectivity index (χ4n) is 4.16. The van der Waals surface area contributed by atoms with E-state index in [1.807, 2.05) is 0 Å². The molecule has 3 aliphatic rings. The summed E-state index contributed by atoms with van der Waals surface area (Å²) in [4.78, 5) is 0. The third kappa shape index (κ3) is 5.32. The van der Waals surface area contributed by atoms with Crippen molar-refractivity contribution in [1.82, 2.24) is 0 Å². The smallest absolute Gasteiger partial charge is 0.187 e. The molecule has 15 nitrogen and oxygen atoms in total. The van der Waals surface area contributed by atoms with Crippen molar-refractivity contribution in [3.8, 4) is 0 Å². The Morgan fingerprint density at radius 2 is 1.30 bits per heavy atom. The first-order chi connectivity index (χ1) is 15.5. The van der Waals surface area contributed by atoms with Crippen LogP contribution < -0.4 is 22.9 Å². The normalized spacial score (nSPS) is 53.7. The van der Waals surface area contributed by atoms with Crippen molar-refractivity contribution in [2.75, 3.05) is 13.2 Å². The minimum atomic E-state index is -1.58. The molecule has 0 radical (unpaired) electrons. The van der Waals surface area contributed by atoms with E-state index in [4.69, 9.17) is 46.6 Å². The molecule has 14 N–H and O–H groups in total. The molecule has 0 saturated carbocycles. The number of nitrogens with two attached hydrogens (primary N) is 4. The van der Waals surface area contributed by atoms with Crippen LogP contribution in [-0.4, -0.2) is 136 Å². The van der Waals surface area contributed by atoms with E-state index in [-0.39, 0.29) is 6.54 Å². The lowest BCUT2D eigenvalue weighted by Crippen LogP contribution is -2.69. The van der Waals surface area contributed by atoms with E-state index in [1.165, 1.54) is 0 Å². The monoisotopic (exact) mass is 484 g/mol. The molecule has 3 fully saturated rings. The summed E-state index contributed by atoms with van der Waals surface area (Å²) in [7, 11) is 0. The molecule has 194 valence electrons. The van der Waals surface area contributed by atoms with Crippen molar-refractivity contribution >= 4 is 0 Å². The van der Waals surface area contributed by atoms with E-state index in [0.29, 0.717) is 0 Å². The van der Waals surface area contributed by atoms with Gasteiger partial charge >= 0.3 is 0 Å². The molecule has 3 heterocycles. The molecular formula is C18H36N4O11. The lowest BCUT2D eigenvalue weighted by atomic mass is 9.94. The summed E-state index contributed by atoms with van der Waals surface area (Å²) < 4.78 is 28.2. The summed E-state index contributed by atoms with van der Waals surface area (Å²) in [5.41, 5.74) is 23.4. The Balaban J connectivity index is 1.83. The van der Waals surface area contributed by atoms with Crippen LogP contribution >= 0.6 is 0 Å². The Hall–Kier alpha value is -0.600. The van der Waals surface area contributed by atoms with Gasteiger partial charge in [-0.05, 0) is 6.92 Å². The number of ether oxygens (including phenoxy) is 5. The maximum absolute atomic E-state index is 10.4. The standard InChI is InChI=1S/C18H36N4O11/c1-4-7(20)11(25)13(27)18(29-4)32-14-6(3-23)30-16(28)9(22)15(14)33-17-8(21)12(26)10(24)5(2-19)31-17/h4-18,23-28H,2-3,19-22H2,1H3/t4-,5-,6-,7-,8-,9-,10-,11+,12-,13-,14-,15-,16-,17-,18+/m1/s1. The van der Waals surface area contributed by atoms with Crippen LogP contribution in [0.4, 0.5) is 0 Å². The molecule has 3 saturated heterocycles. The lowest BCUT2D eigenvalue weighted by Gasteiger charge is -2.49. The van der Waals surface area contributed by atoms with E-state index in [1.54, 1.807) is 6.92 Å². The van der Waals surface area contributed by atoms with E-state index in [2.05, 4.69) is 0 Å². The van der Waals surface area contributed by atoms with Gasteiger partial charge in [-0.25, -0.2) is 0 Å². The predicted molar refractivity (Wildman–Crippen MR) is 108 cm³/mol. The molecule has 0 unspecified atom stereocenters. The van der Waals surface area contributed by atoms with Crippen LogP contribution in [0.25, 0.3) is 0 Å². The molecule has 0 bridgehead atoms. The van der Waals surface area contributed by atoms with Crippen molar-refractivity contribution < 1.29 is 54.3 Å². The zero-order valence-electron chi connectivity index (χ0n) is 18.1. The molecule has 3 rings (SSSR count). The van der Waals surface area contributed by atoms with Gasteiger partial charge in [0.05, 0.1) is 30.8 Å². The average Bonchev–Trinajstić information content (AvgIpc) is 2.80. The fourth-order valence-corrected chi connectivity index (χ4v) is 4.16.